The number of sulfonamides is 1. The first-order valence-electron chi connectivity index (χ1n) is 12.3. The van der Waals surface area contributed by atoms with Gasteiger partial charge in [0.25, 0.3) is 0 Å². The fraction of sp³-hybridized carbons (Fsp3) is 0.462. The van der Waals surface area contributed by atoms with Gasteiger partial charge in [-0.15, -0.1) is 0 Å². The van der Waals surface area contributed by atoms with Crippen LogP contribution in [0, 0.1) is 0 Å². The van der Waals surface area contributed by atoms with Crippen LogP contribution in [0.25, 0.3) is 11.0 Å². The molecule has 7 nitrogen and oxygen atoms in total. The first-order chi connectivity index (χ1) is 16.8. The Kier molecular flexibility index (Phi) is 9.77. The molecule has 0 aliphatic carbocycles. The number of hydrogen-bond acceptors (Lipinski definition) is 5. The van der Waals surface area contributed by atoms with Crippen LogP contribution in [0.5, 0.6) is 0 Å². The third-order valence-corrected chi connectivity index (χ3v) is 8.12. The number of rotatable bonds is 13. The highest BCUT2D eigenvalue weighted by atomic mass is 32.2. The second kappa shape index (κ2) is 12.6. The van der Waals surface area contributed by atoms with Crippen molar-refractivity contribution in [2.24, 2.45) is 0 Å². The smallest absolute Gasteiger partial charge is 0.240 e. The number of anilines is 1. The van der Waals surface area contributed by atoms with Gasteiger partial charge in [-0.1, -0.05) is 56.7 Å². The first kappa shape index (κ1) is 27.2. The van der Waals surface area contributed by atoms with Crippen LogP contribution in [0.2, 0.25) is 0 Å². The van der Waals surface area contributed by atoms with E-state index in [4.69, 9.17) is 4.98 Å². The third-order valence-electron chi connectivity index (χ3n) is 5.70. The fourth-order valence-electron chi connectivity index (χ4n) is 3.88. The summed E-state index contributed by atoms with van der Waals surface area (Å²) in [5.41, 5.74) is 2.38. The number of aryl methyl sites for hydroxylation is 1. The summed E-state index contributed by atoms with van der Waals surface area (Å²) < 4.78 is 30.2. The lowest BCUT2D eigenvalue weighted by Gasteiger charge is -2.26. The molecule has 9 heteroatoms. The topological polar surface area (TPSA) is 84.3 Å². The number of aromatic nitrogens is 2. The Labute approximate surface area is 213 Å². The van der Waals surface area contributed by atoms with Crippen LogP contribution in [-0.4, -0.2) is 42.2 Å². The van der Waals surface area contributed by atoms with Gasteiger partial charge in [0, 0.05) is 24.8 Å². The van der Waals surface area contributed by atoms with Gasteiger partial charge in [-0.05, 0) is 57.0 Å². The molecule has 0 spiro atoms. The Morgan fingerprint density at radius 2 is 1.80 bits per heavy atom. The number of fused-ring (bicyclic) bond motifs is 1. The highest BCUT2D eigenvalue weighted by Gasteiger charge is 2.22. The number of hydrogen-bond donors (Lipinski definition) is 1. The summed E-state index contributed by atoms with van der Waals surface area (Å²) >= 11 is 1.40. The zero-order chi connectivity index (χ0) is 25.4. The minimum Gasteiger partial charge on any atom is -0.319 e. The van der Waals surface area contributed by atoms with E-state index in [1.165, 1.54) is 11.8 Å². The van der Waals surface area contributed by atoms with Crippen molar-refractivity contribution in [3.8, 4) is 0 Å². The highest BCUT2D eigenvalue weighted by molar-refractivity contribution is 7.99. The average Bonchev–Trinajstić information content (AvgIpc) is 3.18. The van der Waals surface area contributed by atoms with Crippen molar-refractivity contribution in [1.82, 2.24) is 14.3 Å². The molecule has 0 bridgehead atoms. The van der Waals surface area contributed by atoms with E-state index in [1.807, 2.05) is 57.2 Å². The Morgan fingerprint density at radius 1 is 1.09 bits per heavy atom. The van der Waals surface area contributed by atoms with Gasteiger partial charge in [0.15, 0.2) is 5.16 Å². The van der Waals surface area contributed by atoms with E-state index in [2.05, 4.69) is 16.2 Å². The van der Waals surface area contributed by atoms with Crippen molar-refractivity contribution in [2.45, 2.75) is 76.0 Å². The molecule has 0 aliphatic rings. The molecular formula is C26H36N4O3S2. The van der Waals surface area contributed by atoms with E-state index >= 15 is 0 Å². The Hall–Kier alpha value is -2.36. The van der Waals surface area contributed by atoms with Gasteiger partial charge in [-0.2, -0.15) is 0 Å². The molecule has 3 aromatic rings. The number of nitrogens with one attached hydrogen (secondary N) is 1. The molecule has 2 aromatic carbocycles. The van der Waals surface area contributed by atoms with Crippen LogP contribution in [0.3, 0.4) is 0 Å². The number of unbranched alkanes of at least 4 members (excludes halogenated alkanes) is 2. The second-order valence-corrected chi connectivity index (χ2v) is 11.5. The maximum absolute atomic E-state index is 13.2. The Morgan fingerprint density at radius 3 is 2.46 bits per heavy atom. The summed E-state index contributed by atoms with van der Waals surface area (Å²) in [4.78, 5) is 20.0. The molecule has 0 atom stereocenters. The predicted octanol–water partition coefficient (Wildman–Crippen LogP) is 5.45. The van der Waals surface area contributed by atoms with Crippen LogP contribution >= 0.6 is 11.8 Å². The van der Waals surface area contributed by atoms with Crippen LogP contribution in [0.15, 0.2) is 58.6 Å². The van der Waals surface area contributed by atoms with Gasteiger partial charge in [-0.25, -0.2) is 18.1 Å². The number of carbonyl (C=O) groups excluding carboxylic acids is 1. The summed E-state index contributed by atoms with van der Waals surface area (Å²) in [6.45, 7) is 9.33. The van der Waals surface area contributed by atoms with Crippen molar-refractivity contribution >= 4 is 44.4 Å². The van der Waals surface area contributed by atoms with Crippen molar-refractivity contribution in [1.29, 1.82) is 0 Å². The number of amides is 1. The number of imidazole rings is 1. The largest absolute Gasteiger partial charge is 0.319 e. The molecule has 1 amide bonds. The van der Waals surface area contributed by atoms with Crippen molar-refractivity contribution in [3.63, 3.8) is 0 Å². The summed E-state index contributed by atoms with van der Waals surface area (Å²) in [7, 11) is -3.59. The van der Waals surface area contributed by atoms with Crippen molar-refractivity contribution in [3.05, 3.63) is 48.5 Å². The molecule has 1 heterocycles. The minimum absolute atomic E-state index is 0.00805. The molecule has 190 valence electrons. The molecule has 0 saturated carbocycles. The molecule has 0 saturated heterocycles. The molecular weight excluding hydrogens is 480 g/mol. The van der Waals surface area contributed by atoms with Crippen LogP contribution < -0.4 is 9.62 Å². The zero-order valence-electron chi connectivity index (χ0n) is 21.0. The molecule has 3 rings (SSSR count). The van der Waals surface area contributed by atoms with E-state index in [0.717, 1.165) is 48.6 Å². The normalized spacial score (nSPS) is 11.9. The summed E-state index contributed by atoms with van der Waals surface area (Å²) in [6, 6.07) is 14.8. The molecule has 0 fully saturated rings. The number of para-hydroxylation sites is 1. The number of benzene rings is 2. The summed E-state index contributed by atoms with van der Waals surface area (Å²) in [5.74, 6) is 0.250. The summed E-state index contributed by atoms with van der Waals surface area (Å²) in [5, 5.41) is 0.729. The third kappa shape index (κ3) is 6.86. The predicted molar refractivity (Wildman–Crippen MR) is 145 cm³/mol. The van der Waals surface area contributed by atoms with E-state index in [-0.39, 0.29) is 22.6 Å². The van der Waals surface area contributed by atoms with Gasteiger partial charge in [-0.3, -0.25) is 4.79 Å². The Bertz CT molecular complexity index is 1220. The van der Waals surface area contributed by atoms with Crippen molar-refractivity contribution in [2.75, 3.05) is 17.2 Å². The van der Waals surface area contributed by atoms with Gasteiger partial charge < -0.3 is 9.47 Å². The SMILES string of the molecule is CCCCNS(=O)(=O)c1ccc2c(c1)nc(SCC(=O)N(c1ccccc1)C(C)C)n2CCCC. The van der Waals surface area contributed by atoms with Gasteiger partial charge >= 0.3 is 0 Å². The standard InChI is InChI=1S/C26H36N4O3S2/c1-5-7-16-27-35(32,33)22-14-15-24-23(18-22)28-26(29(24)17-8-6-2)34-19-25(31)30(20(3)4)21-12-10-9-11-13-21/h9-15,18,20,27H,5-8,16-17,19H2,1-4H3. The molecule has 0 aliphatic heterocycles. The van der Waals surface area contributed by atoms with Crippen molar-refractivity contribution < 1.29 is 13.2 Å². The lowest BCUT2D eigenvalue weighted by molar-refractivity contribution is -0.116. The fourth-order valence-corrected chi connectivity index (χ4v) is 5.87. The lowest BCUT2D eigenvalue weighted by Crippen LogP contribution is -2.38. The van der Waals surface area contributed by atoms with E-state index in [1.54, 1.807) is 17.0 Å². The Balaban J connectivity index is 1.86. The van der Waals surface area contributed by atoms with Crippen LogP contribution in [-0.2, 0) is 21.4 Å². The monoisotopic (exact) mass is 516 g/mol. The summed E-state index contributed by atoms with van der Waals surface area (Å²) in [6.07, 6.45) is 3.69. The van der Waals surface area contributed by atoms with Crippen LogP contribution in [0.4, 0.5) is 5.69 Å². The second-order valence-electron chi connectivity index (χ2n) is 8.78. The highest BCUT2D eigenvalue weighted by Crippen LogP contribution is 2.28. The molecule has 1 N–H and O–H groups in total. The quantitative estimate of drug-likeness (QED) is 0.241. The maximum atomic E-state index is 13.2. The first-order valence-corrected chi connectivity index (χ1v) is 14.7. The van der Waals surface area contributed by atoms with E-state index in [9.17, 15) is 13.2 Å². The van der Waals surface area contributed by atoms with Gasteiger partial charge in [0.05, 0.1) is 21.7 Å². The molecule has 0 radical (unpaired) electrons. The van der Waals surface area contributed by atoms with Gasteiger partial charge in [0.1, 0.15) is 0 Å². The lowest BCUT2D eigenvalue weighted by atomic mass is 10.2. The van der Waals surface area contributed by atoms with Crippen LogP contribution in [0.1, 0.15) is 53.4 Å². The minimum atomic E-state index is -3.59. The average molecular weight is 517 g/mol. The molecule has 35 heavy (non-hydrogen) atoms. The van der Waals surface area contributed by atoms with E-state index < -0.39 is 10.0 Å². The molecule has 1 aromatic heterocycles. The number of carbonyl (C=O) groups is 1. The number of nitrogens with zero attached hydrogens (tertiary/aromatic N) is 3. The maximum Gasteiger partial charge on any atom is 0.240 e. The molecule has 0 unspecified atom stereocenters. The van der Waals surface area contributed by atoms with Gasteiger partial charge in [0.2, 0.25) is 15.9 Å². The van der Waals surface area contributed by atoms with E-state index in [0.29, 0.717) is 12.1 Å². The zero-order valence-corrected chi connectivity index (χ0v) is 22.7. The number of thioether (sulfide) groups is 1.